The van der Waals surface area contributed by atoms with Gasteiger partial charge in [0.2, 0.25) is 0 Å². The summed E-state index contributed by atoms with van der Waals surface area (Å²) in [6, 6.07) is 25.2. The van der Waals surface area contributed by atoms with E-state index in [0.29, 0.717) is 10.7 Å². The number of amides is 1. The Bertz CT molecular complexity index is 1130. The third-order valence-electron chi connectivity index (χ3n) is 4.17. The fraction of sp³-hybridized carbons (Fsp3) is 0.0455. The van der Waals surface area contributed by atoms with Crippen LogP contribution in [-0.4, -0.2) is 16.0 Å². The molecule has 0 fully saturated rings. The van der Waals surface area contributed by atoms with Crippen LogP contribution in [0.1, 0.15) is 15.9 Å². The van der Waals surface area contributed by atoms with Crippen LogP contribution in [0.15, 0.2) is 83.2 Å². The van der Waals surface area contributed by atoms with E-state index in [9.17, 15) is 4.79 Å². The largest absolute Gasteiger partial charge is 0.331 e. The molecule has 30 heavy (non-hydrogen) atoms. The highest BCUT2D eigenvalue weighted by molar-refractivity contribution is 8.00. The standard InChI is InChI=1S/C22H18N4OS3/c27-20(25-26-21(28)23-17-6-2-1-3-7-17)16-12-10-15(11-13-16)14-29-22-24-18-8-4-5-9-19(18)30-22/h1-13H,14H2,(H,25,27)(H2,23,26,28). The van der Waals surface area contributed by atoms with Crippen molar-refractivity contribution < 1.29 is 4.79 Å². The SMILES string of the molecule is O=C(NNC(=S)Nc1ccccc1)c1ccc(CSc2nc3ccccc3s2)cc1. The van der Waals surface area contributed by atoms with Gasteiger partial charge in [-0.15, -0.1) is 11.3 Å². The van der Waals surface area contributed by atoms with Crippen molar-refractivity contribution >= 4 is 62.2 Å². The number of aromatic nitrogens is 1. The molecule has 0 bridgehead atoms. The number of hydrogen-bond acceptors (Lipinski definition) is 5. The fourth-order valence-electron chi connectivity index (χ4n) is 2.68. The smallest absolute Gasteiger partial charge is 0.269 e. The lowest BCUT2D eigenvalue weighted by atomic mass is 10.1. The maximum atomic E-state index is 12.3. The summed E-state index contributed by atoms with van der Waals surface area (Å²) in [5, 5.41) is 3.32. The zero-order chi connectivity index (χ0) is 20.8. The summed E-state index contributed by atoms with van der Waals surface area (Å²) in [4.78, 5) is 17.0. The summed E-state index contributed by atoms with van der Waals surface area (Å²) in [6.45, 7) is 0. The number of rotatable bonds is 5. The van der Waals surface area contributed by atoms with Crippen LogP contribution in [0.3, 0.4) is 0 Å². The van der Waals surface area contributed by atoms with E-state index in [1.54, 1.807) is 35.2 Å². The predicted molar refractivity (Wildman–Crippen MR) is 129 cm³/mol. The lowest BCUT2D eigenvalue weighted by Gasteiger charge is -2.11. The van der Waals surface area contributed by atoms with Crippen LogP contribution in [0.2, 0.25) is 0 Å². The first-order chi connectivity index (χ1) is 14.7. The van der Waals surface area contributed by atoms with Crippen molar-refractivity contribution in [2.24, 2.45) is 0 Å². The molecule has 0 radical (unpaired) electrons. The van der Waals surface area contributed by atoms with E-state index < -0.39 is 0 Å². The van der Waals surface area contributed by atoms with Gasteiger partial charge in [0.15, 0.2) is 9.45 Å². The van der Waals surface area contributed by atoms with Crippen LogP contribution in [0, 0.1) is 0 Å². The number of thiocarbonyl (C=S) groups is 1. The van der Waals surface area contributed by atoms with E-state index in [-0.39, 0.29) is 5.91 Å². The summed E-state index contributed by atoms with van der Waals surface area (Å²) in [6.07, 6.45) is 0. The molecule has 5 nitrogen and oxygen atoms in total. The Morgan fingerprint density at radius 3 is 2.43 bits per heavy atom. The maximum Gasteiger partial charge on any atom is 0.269 e. The molecular formula is C22H18N4OS3. The van der Waals surface area contributed by atoms with Gasteiger partial charge in [-0.05, 0) is 54.2 Å². The number of thioether (sulfide) groups is 1. The van der Waals surface area contributed by atoms with Crippen molar-refractivity contribution in [1.29, 1.82) is 0 Å². The maximum absolute atomic E-state index is 12.3. The molecular weight excluding hydrogens is 432 g/mol. The Kier molecular flexibility index (Phi) is 6.58. The van der Waals surface area contributed by atoms with Crippen LogP contribution < -0.4 is 16.2 Å². The van der Waals surface area contributed by atoms with E-state index in [0.717, 1.165) is 26.9 Å². The first-order valence-corrected chi connectivity index (χ1v) is 11.4. The second-order valence-corrected chi connectivity index (χ2v) is 8.99. The number of nitrogens with zero attached hydrogens (tertiary/aromatic N) is 1. The normalized spacial score (nSPS) is 10.5. The molecule has 0 aliphatic heterocycles. The van der Waals surface area contributed by atoms with Crippen LogP contribution in [0.5, 0.6) is 0 Å². The number of nitrogens with one attached hydrogen (secondary N) is 3. The highest BCUT2D eigenvalue weighted by Gasteiger charge is 2.08. The Hall–Kier alpha value is -2.94. The molecule has 0 aliphatic carbocycles. The van der Waals surface area contributed by atoms with Crippen molar-refractivity contribution in [1.82, 2.24) is 15.8 Å². The van der Waals surface area contributed by atoms with E-state index in [4.69, 9.17) is 12.2 Å². The third kappa shape index (κ3) is 5.35. The quantitative estimate of drug-likeness (QED) is 0.220. The zero-order valence-corrected chi connectivity index (χ0v) is 18.2. The topological polar surface area (TPSA) is 66.1 Å². The first kappa shape index (κ1) is 20.3. The Morgan fingerprint density at radius 1 is 0.933 bits per heavy atom. The highest BCUT2D eigenvalue weighted by atomic mass is 32.2. The number of carbonyl (C=O) groups excluding carboxylic acids is 1. The Labute approximate surface area is 187 Å². The van der Waals surface area contributed by atoms with E-state index >= 15 is 0 Å². The monoisotopic (exact) mass is 450 g/mol. The van der Waals surface area contributed by atoms with Crippen molar-refractivity contribution in [3.05, 3.63) is 90.0 Å². The minimum absolute atomic E-state index is 0.252. The minimum Gasteiger partial charge on any atom is -0.331 e. The molecule has 0 atom stereocenters. The zero-order valence-electron chi connectivity index (χ0n) is 15.8. The second kappa shape index (κ2) is 9.71. The minimum atomic E-state index is -0.252. The molecule has 0 spiro atoms. The second-order valence-electron chi connectivity index (χ2n) is 6.33. The van der Waals surface area contributed by atoms with Gasteiger partial charge >= 0.3 is 0 Å². The third-order valence-corrected chi connectivity index (χ3v) is 6.63. The van der Waals surface area contributed by atoms with Crippen LogP contribution in [0.25, 0.3) is 10.2 Å². The fourth-order valence-corrected chi connectivity index (χ4v) is 4.87. The highest BCUT2D eigenvalue weighted by Crippen LogP contribution is 2.31. The molecule has 1 heterocycles. The van der Waals surface area contributed by atoms with Gasteiger partial charge in [0.05, 0.1) is 10.2 Å². The number of para-hydroxylation sites is 2. The van der Waals surface area contributed by atoms with Crippen LogP contribution in [0.4, 0.5) is 5.69 Å². The Morgan fingerprint density at radius 2 is 1.67 bits per heavy atom. The van der Waals surface area contributed by atoms with Gasteiger partial charge in [-0.1, -0.05) is 54.2 Å². The molecule has 8 heteroatoms. The number of thiazole rings is 1. The Balaban J connectivity index is 1.27. The van der Waals surface area contributed by atoms with Gasteiger partial charge in [0, 0.05) is 17.0 Å². The van der Waals surface area contributed by atoms with Gasteiger partial charge in [-0.3, -0.25) is 15.6 Å². The number of hydrogen-bond donors (Lipinski definition) is 3. The van der Waals surface area contributed by atoms with Gasteiger partial charge in [-0.25, -0.2) is 4.98 Å². The van der Waals surface area contributed by atoms with Gasteiger partial charge < -0.3 is 5.32 Å². The predicted octanol–water partition coefficient (Wildman–Crippen LogP) is 5.22. The molecule has 1 aromatic heterocycles. The number of carbonyl (C=O) groups is 1. The molecule has 150 valence electrons. The summed E-state index contributed by atoms with van der Waals surface area (Å²) >= 11 is 8.58. The van der Waals surface area contributed by atoms with Crippen molar-refractivity contribution in [2.45, 2.75) is 10.1 Å². The first-order valence-electron chi connectivity index (χ1n) is 9.17. The molecule has 0 saturated heterocycles. The molecule has 4 aromatic rings. The average Bonchev–Trinajstić information content (AvgIpc) is 3.20. The van der Waals surface area contributed by atoms with Crippen LogP contribution in [-0.2, 0) is 5.75 Å². The average molecular weight is 451 g/mol. The summed E-state index contributed by atoms with van der Waals surface area (Å²) in [5.41, 5.74) is 8.88. The van der Waals surface area contributed by atoms with Crippen LogP contribution >= 0.6 is 35.3 Å². The lowest BCUT2D eigenvalue weighted by Crippen LogP contribution is -2.43. The number of hydrazine groups is 1. The lowest BCUT2D eigenvalue weighted by molar-refractivity contribution is 0.0944. The molecule has 3 aromatic carbocycles. The number of anilines is 1. The molecule has 4 rings (SSSR count). The number of benzene rings is 3. The molecule has 0 unspecified atom stereocenters. The van der Waals surface area contributed by atoms with Gasteiger partial charge in [0.1, 0.15) is 0 Å². The molecule has 1 amide bonds. The van der Waals surface area contributed by atoms with Crippen molar-refractivity contribution in [3.63, 3.8) is 0 Å². The molecule has 0 aliphatic rings. The number of fused-ring (bicyclic) bond motifs is 1. The molecule has 3 N–H and O–H groups in total. The summed E-state index contributed by atoms with van der Waals surface area (Å²) in [5.74, 6) is 0.544. The van der Waals surface area contributed by atoms with Crippen molar-refractivity contribution in [2.75, 3.05) is 5.32 Å². The van der Waals surface area contributed by atoms with E-state index in [1.165, 1.54) is 4.70 Å². The summed E-state index contributed by atoms with van der Waals surface area (Å²) in [7, 11) is 0. The van der Waals surface area contributed by atoms with Crippen molar-refractivity contribution in [3.8, 4) is 0 Å². The molecule has 0 saturated carbocycles. The summed E-state index contributed by atoms with van der Waals surface area (Å²) < 4.78 is 2.24. The van der Waals surface area contributed by atoms with Gasteiger partial charge in [-0.2, -0.15) is 0 Å². The van der Waals surface area contributed by atoms with E-state index in [2.05, 4.69) is 27.2 Å². The van der Waals surface area contributed by atoms with E-state index in [1.807, 2.05) is 60.7 Å². The van der Waals surface area contributed by atoms with Gasteiger partial charge in [0.25, 0.3) is 5.91 Å².